The summed E-state index contributed by atoms with van der Waals surface area (Å²) >= 11 is 0. The van der Waals surface area contributed by atoms with Gasteiger partial charge in [0.25, 0.3) is 5.91 Å². The molecule has 1 aromatic carbocycles. The number of hydrogen-bond acceptors (Lipinski definition) is 2. The Morgan fingerprint density at radius 2 is 1.58 bits per heavy atom. The Hall–Kier alpha value is -1.84. The average molecular weight is 357 g/mol. The summed E-state index contributed by atoms with van der Waals surface area (Å²) in [6.07, 6.45) is 8.99. The van der Waals surface area contributed by atoms with Gasteiger partial charge >= 0.3 is 0 Å². The fourth-order valence-electron chi connectivity index (χ4n) is 4.40. The van der Waals surface area contributed by atoms with Crippen molar-refractivity contribution >= 4 is 11.8 Å². The lowest BCUT2D eigenvalue weighted by molar-refractivity contribution is -0.127. The van der Waals surface area contributed by atoms with Crippen LogP contribution in [0, 0.1) is 19.8 Å². The van der Waals surface area contributed by atoms with Crippen LogP contribution in [0.3, 0.4) is 0 Å². The zero-order valence-electron chi connectivity index (χ0n) is 16.2. The number of carbonyl (C=O) groups is 2. The van der Waals surface area contributed by atoms with Crippen molar-refractivity contribution in [3.8, 4) is 0 Å². The third-order valence-electron chi connectivity index (χ3n) is 5.75. The van der Waals surface area contributed by atoms with Gasteiger partial charge in [0.15, 0.2) is 0 Å². The van der Waals surface area contributed by atoms with Gasteiger partial charge in [-0.3, -0.25) is 9.59 Å². The smallest absolute Gasteiger partial charge is 0.253 e. The third-order valence-corrected chi connectivity index (χ3v) is 5.75. The second kappa shape index (κ2) is 8.70. The molecule has 1 heterocycles. The summed E-state index contributed by atoms with van der Waals surface area (Å²) < 4.78 is 0. The molecule has 4 nitrogen and oxygen atoms in total. The normalized spacial score (nSPS) is 21.9. The summed E-state index contributed by atoms with van der Waals surface area (Å²) in [5.41, 5.74) is 2.95. The van der Waals surface area contributed by atoms with Crippen LogP contribution in [0.4, 0.5) is 0 Å². The standard InChI is InChI=1S/C22H32N2O2/c1-16-12-17(2)14-19(13-16)22(26)24-11-7-8-18(15-24)21(25)23-20-9-5-3-4-6-10-20/h12-14,18,20H,3-11,15H2,1-2H3,(H,23,25)/t18-/m0/s1. The van der Waals surface area contributed by atoms with E-state index in [1.165, 1.54) is 25.7 Å². The third kappa shape index (κ3) is 4.87. The molecule has 0 bridgehead atoms. The van der Waals surface area contributed by atoms with Crippen molar-refractivity contribution in [2.45, 2.75) is 71.3 Å². The summed E-state index contributed by atoms with van der Waals surface area (Å²) in [5, 5.41) is 3.27. The number of nitrogens with one attached hydrogen (secondary N) is 1. The predicted octanol–water partition coefficient (Wildman–Crippen LogP) is 3.99. The number of nitrogens with zero attached hydrogens (tertiary/aromatic N) is 1. The molecular formula is C22H32N2O2. The maximum atomic E-state index is 12.9. The van der Waals surface area contributed by atoms with Gasteiger partial charge in [0, 0.05) is 24.7 Å². The van der Waals surface area contributed by atoms with Crippen molar-refractivity contribution in [2.75, 3.05) is 13.1 Å². The number of carbonyl (C=O) groups excluding carboxylic acids is 2. The van der Waals surface area contributed by atoms with Gasteiger partial charge in [0.2, 0.25) is 5.91 Å². The maximum Gasteiger partial charge on any atom is 0.253 e. The second-order valence-corrected chi connectivity index (χ2v) is 8.16. The van der Waals surface area contributed by atoms with Crippen molar-refractivity contribution in [3.63, 3.8) is 0 Å². The van der Waals surface area contributed by atoms with E-state index in [1.54, 1.807) is 0 Å². The molecule has 0 spiro atoms. The van der Waals surface area contributed by atoms with Crippen LogP contribution in [0.2, 0.25) is 0 Å². The number of amides is 2. The van der Waals surface area contributed by atoms with Gasteiger partial charge in [-0.2, -0.15) is 0 Å². The van der Waals surface area contributed by atoms with Crippen LogP contribution in [0.5, 0.6) is 0 Å². The van der Waals surface area contributed by atoms with E-state index in [-0.39, 0.29) is 17.7 Å². The number of rotatable bonds is 3. The first-order chi connectivity index (χ1) is 12.5. The van der Waals surface area contributed by atoms with Crippen LogP contribution in [0.1, 0.15) is 72.9 Å². The highest BCUT2D eigenvalue weighted by atomic mass is 16.2. The summed E-state index contributed by atoms with van der Waals surface area (Å²) in [7, 11) is 0. The predicted molar refractivity (Wildman–Crippen MR) is 104 cm³/mol. The zero-order valence-corrected chi connectivity index (χ0v) is 16.2. The number of likely N-dealkylation sites (tertiary alicyclic amines) is 1. The van der Waals surface area contributed by atoms with Crippen molar-refractivity contribution in [3.05, 3.63) is 34.9 Å². The highest BCUT2D eigenvalue weighted by Crippen LogP contribution is 2.22. The van der Waals surface area contributed by atoms with Crippen LogP contribution in [-0.2, 0) is 4.79 Å². The Morgan fingerprint density at radius 3 is 2.23 bits per heavy atom. The van der Waals surface area contributed by atoms with Gasteiger partial charge < -0.3 is 10.2 Å². The van der Waals surface area contributed by atoms with Gasteiger partial charge in [-0.05, 0) is 51.7 Å². The minimum atomic E-state index is -0.0677. The van der Waals surface area contributed by atoms with E-state index in [4.69, 9.17) is 0 Å². The van der Waals surface area contributed by atoms with Crippen LogP contribution >= 0.6 is 0 Å². The monoisotopic (exact) mass is 356 g/mol. The highest BCUT2D eigenvalue weighted by molar-refractivity contribution is 5.95. The molecule has 1 saturated carbocycles. The first-order valence-electron chi connectivity index (χ1n) is 10.2. The minimum Gasteiger partial charge on any atom is -0.353 e. The van der Waals surface area contributed by atoms with E-state index < -0.39 is 0 Å². The van der Waals surface area contributed by atoms with Crippen molar-refractivity contribution in [1.82, 2.24) is 10.2 Å². The second-order valence-electron chi connectivity index (χ2n) is 8.16. The maximum absolute atomic E-state index is 12.9. The van der Waals surface area contributed by atoms with E-state index >= 15 is 0 Å². The summed E-state index contributed by atoms with van der Waals surface area (Å²) in [6.45, 7) is 5.33. The molecule has 2 fully saturated rings. The highest BCUT2D eigenvalue weighted by Gasteiger charge is 2.30. The van der Waals surface area contributed by atoms with Gasteiger partial charge in [0.1, 0.15) is 0 Å². The zero-order chi connectivity index (χ0) is 18.5. The molecule has 0 aromatic heterocycles. The summed E-state index contributed by atoms with van der Waals surface area (Å²) in [5.74, 6) is 0.139. The molecular weight excluding hydrogens is 324 g/mol. The van der Waals surface area contributed by atoms with Gasteiger partial charge in [-0.25, -0.2) is 0 Å². The molecule has 3 rings (SSSR count). The lowest BCUT2D eigenvalue weighted by Gasteiger charge is -2.33. The number of benzene rings is 1. The summed E-state index contributed by atoms with van der Waals surface area (Å²) in [6, 6.07) is 6.31. The van der Waals surface area contributed by atoms with Crippen LogP contribution in [0.15, 0.2) is 18.2 Å². The lowest BCUT2D eigenvalue weighted by atomic mass is 9.95. The molecule has 1 N–H and O–H groups in total. The average Bonchev–Trinajstić information content (AvgIpc) is 2.89. The molecule has 1 aromatic rings. The van der Waals surface area contributed by atoms with Gasteiger partial charge in [0.05, 0.1) is 5.92 Å². The Morgan fingerprint density at radius 1 is 0.923 bits per heavy atom. The lowest BCUT2D eigenvalue weighted by Crippen LogP contribution is -2.47. The Labute approximate surface area is 157 Å². The number of piperidine rings is 1. The van der Waals surface area contributed by atoms with E-state index in [9.17, 15) is 9.59 Å². The van der Waals surface area contributed by atoms with E-state index in [2.05, 4.69) is 11.4 Å². The van der Waals surface area contributed by atoms with Crippen molar-refractivity contribution < 1.29 is 9.59 Å². The first kappa shape index (κ1) is 18.9. The van der Waals surface area contributed by atoms with Crippen LogP contribution in [0.25, 0.3) is 0 Å². The van der Waals surface area contributed by atoms with Crippen molar-refractivity contribution in [2.24, 2.45) is 5.92 Å². The van der Waals surface area contributed by atoms with Gasteiger partial charge in [-0.1, -0.05) is 42.9 Å². The largest absolute Gasteiger partial charge is 0.353 e. The SMILES string of the molecule is Cc1cc(C)cc(C(=O)N2CCC[C@H](C(=O)NC3CCCCCC3)C2)c1. The van der Waals surface area contributed by atoms with Crippen LogP contribution < -0.4 is 5.32 Å². The quantitative estimate of drug-likeness (QED) is 0.833. The number of hydrogen-bond donors (Lipinski definition) is 1. The van der Waals surface area contributed by atoms with E-state index in [0.717, 1.165) is 48.9 Å². The topological polar surface area (TPSA) is 49.4 Å². The molecule has 26 heavy (non-hydrogen) atoms. The van der Waals surface area contributed by atoms with Crippen LogP contribution in [-0.4, -0.2) is 35.8 Å². The fourth-order valence-corrected chi connectivity index (χ4v) is 4.40. The molecule has 2 amide bonds. The molecule has 0 radical (unpaired) electrons. The fraction of sp³-hybridized carbons (Fsp3) is 0.636. The molecule has 1 saturated heterocycles. The minimum absolute atomic E-state index is 0.0590. The number of aryl methyl sites for hydroxylation is 2. The molecule has 142 valence electrons. The Kier molecular flexibility index (Phi) is 6.33. The molecule has 1 aliphatic carbocycles. The Balaban J connectivity index is 1.61. The molecule has 2 aliphatic rings. The first-order valence-corrected chi connectivity index (χ1v) is 10.2. The Bertz CT molecular complexity index is 627. The van der Waals surface area contributed by atoms with Crippen molar-refractivity contribution in [1.29, 1.82) is 0 Å². The van der Waals surface area contributed by atoms with E-state index in [1.807, 2.05) is 30.9 Å². The molecule has 1 aliphatic heterocycles. The van der Waals surface area contributed by atoms with E-state index in [0.29, 0.717) is 12.6 Å². The molecule has 1 atom stereocenters. The summed E-state index contributed by atoms with van der Waals surface area (Å²) in [4.78, 5) is 27.5. The molecule has 0 unspecified atom stereocenters. The molecule has 4 heteroatoms. The van der Waals surface area contributed by atoms with Gasteiger partial charge in [-0.15, -0.1) is 0 Å².